The fraction of sp³-hybridized carbons (Fsp3) is 0.150. The van der Waals surface area contributed by atoms with Gasteiger partial charge in [0.25, 0.3) is 5.91 Å². The minimum atomic E-state index is -0.290. The first-order valence-electron chi connectivity index (χ1n) is 8.59. The van der Waals surface area contributed by atoms with Crippen molar-refractivity contribution in [2.24, 2.45) is 0 Å². The summed E-state index contributed by atoms with van der Waals surface area (Å²) in [4.78, 5) is 22.1. The lowest BCUT2D eigenvalue weighted by atomic mass is 10.1. The number of carbonyl (C=O) groups is 1. The van der Waals surface area contributed by atoms with Crippen molar-refractivity contribution in [3.05, 3.63) is 77.4 Å². The van der Waals surface area contributed by atoms with Crippen LogP contribution in [-0.2, 0) is 0 Å². The van der Waals surface area contributed by atoms with Crippen LogP contribution in [0.3, 0.4) is 0 Å². The van der Waals surface area contributed by atoms with Gasteiger partial charge >= 0.3 is 0 Å². The number of imidazole rings is 1. The maximum atomic E-state index is 13.1. The van der Waals surface area contributed by atoms with E-state index in [9.17, 15) is 9.18 Å². The molecule has 1 aromatic carbocycles. The highest BCUT2D eigenvalue weighted by Gasteiger charge is 2.19. The average molecular weight is 380 g/mol. The average Bonchev–Trinajstić information content (AvgIpc) is 3.28. The Balaban J connectivity index is 1.61. The first-order valence-corrected chi connectivity index (χ1v) is 9.47. The van der Waals surface area contributed by atoms with Crippen molar-refractivity contribution in [3.63, 3.8) is 0 Å². The van der Waals surface area contributed by atoms with Gasteiger partial charge < -0.3 is 5.32 Å². The Kier molecular flexibility index (Phi) is 4.68. The van der Waals surface area contributed by atoms with E-state index in [1.807, 2.05) is 19.1 Å². The van der Waals surface area contributed by atoms with E-state index in [0.29, 0.717) is 11.4 Å². The van der Waals surface area contributed by atoms with Gasteiger partial charge in [0.1, 0.15) is 11.5 Å². The molecule has 0 spiro atoms. The highest BCUT2D eigenvalue weighted by atomic mass is 32.1. The summed E-state index contributed by atoms with van der Waals surface area (Å²) in [5, 5.41) is 4.87. The summed E-state index contributed by atoms with van der Waals surface area (Å²) in [6, 6.07) is 9.88. The third-order valence-electron chi connectivity index (χ3n) is 4.40. The van der Waals surface area contributed by atoms with Crippen LogP contribution in [0.5, 0.6) is 0 Å². The number of halogens is 1. The van der Waals surface area contributed by atoms with Crippen molar-refractivity contribution in [1.29, 1.82) is 0 Å². The summed E-state index contributed by atoms with van der Waals surface area (Å²) in [6.07, 6.45) is 6.02. The molecule has 136 valence electrons. The number of fused-ring (bicyclic) bond motifs is 1. The summed E-state index contributed by atoms with van der Waals surface area (Å²) in [7, 11) is 0. The molecule has 5 nitrogen and oxygen atoms in total. The smallest absolute Gasteiger partial charge is 0.269 e. The van der Waals surface area contributed by atoms with Crippen molar-refractivity contribution in [3.8, 4) is 11.3 Å². The predicted octanol–water partition coefficient (Wildman–Crippen LogP) is 4.48. The monoisotopic (exact) mass is 380 g/mol. The molecule has 0 fully saturated rings. The highest BCUT2D eigenvalue weighted by Crippen LogP contribution is 2.24. The molecule has 0 saturated carbocycles. The SMILES string of the molecule is CC[C@@H](NC(=O)c1csc2nc(-c3ccc(F)cc3)cn12)c1ccncc1. The van der Waals surface area contributed by atoms with E-state index in [2.05, 4.69) is 15.3 Å². The molecule has 0 aliphatic heterocycles. The van der Waals surface area contributed by atoms with Gasteiger partial charge in [-0.3, -0.25) is 14.2 Å². The second-order valence-corrected chi connectivity index (χ2v) is 6.96. The molecule has 0 aliphatic carbocycles. The second kappa shape index (κ2) is 7.28. The van der Waals surface area contributed by atoms with Crippen LogP contribution in [0.1, 0.15) is 35.4 Å². The topological polar surface area (TPSA) is 59.3 Å². The third kappa shape index (κ3) is 3.46. The van der Waals surface area contributed by atoms with Gasteiger partial charge in [0, 0.05) is 29.5 Å². The molecule has 0 aliphatic rings. The molecule has 0 bridgehead atoms. The number of hydrogen-bond acceptors (Lipinski definition) is 4. The van der Waals surface area contributed by atoms with Gasteiger partial charge in [0.15, 0.2) is 4.96 Å². The van der Waals surface area contributed by atoms with Gasteiger partial charge in [-0.05, 0) is 48.4 Å². The molecule has 1 amide bonds. The predicted molar refractivity (Wildman–Crippen MR) is 103 cm³/mol. The lowest BCUT2D eigenvalue weighted by Gasteiger charge is -2.16. The number of nitrogens with one attached hydrogen (secondary N) is 1. The van der Waals surface area contributed by atoms with Crippen molar-refractivity contribution in [1.82, 2.24) is 19.7 Å². The van der Waals surface area contributed by atoms with Gasteiger partial charge in [0.05, 0.1) is 11.7 Å². The zero-order valence-electron chi connectivity index (χ0n) is 14.6. The molecule has 1 atom stereocenters. The molecule has 0 unspecified atom stereocenters. The molecular weight excluding hydrogens is 363 g/mol. The fourth-order valence-corrected chi connectivity index (χ4v) is 3.81. The highest BCUT2D eigenvalue weighted by molar-refractivity contribution is 7.15. The van der Waals surface area contributed by atoms with Gasteiger partial charge in [0.2, 0.25) is 0 Å². The van der Waals surface area contributed by atoms with E-state index in [1.165, 1.54) is 23.5 Å². The molecule has 0 saturated heterocycles. The van der Waals surface area contributed by atoms with Crippen LogP contribution in [0.15, 0.2) is 60.4 Å². The Labute approximate surface area is 159 Å². The number of thiazole rings is 1. The normalized spacial score (nSPS) is 12.2. The van der Waals surface area contributed by atoms with E-state index >= 15 is 0 Å². The Morgan fingerprint density at radius 1 is 1.22 bits per heavy atom. The van der Waals surface area contributed by atoms with E-state index in [0.717, 1.165) is 22.5 Å². The van der Waals surface area contributed by atoms with Crippen molar-refractivity contribution in [2.45, 2.75) is 19.4 Å². The van der Waals surface area contributed by atoms with Crippen LogP contribution in [0.25, 0.3) is 16.2 Å². The third-order valence-corrected chi connectivity index (χ3v) is 5.24. The van der Waals surface area contributed by atoms with Crippen LogP contribution in [0.4, 0.5) is 4.39 Å². The number of hydrogen-bond donors (Lipinski definition) is 1. The molecule has 27 heavy (non-hydrogen) atoms. The minimum Gasteiger partial charge on any atom is -0.344 e. The van der Waals surface area contributed by atoms with Crippen molar-refractivity contribution >= 4 is 22.2 Å². The van der Waals surface area contributed by atoms with Crippen molar-refractivity contribution in [2.75, 3.05) is 0 Å². The number of amides is 1. The lowest BCUT2D eigenvalue weighted by Crippen LogP contribution is -2.29. The Hall–Kier alpha value is -3.06. The second-order valence-electron chi connectivity index (χ2n) is 6.12. The van der Waals surface area contributed by atoms with Crippen LogP contribution in [0.2, 0.25) is 0 Å². The van der Waals surface area contributed by atoms with Crippen LogP contribution >= 0.6 is 11.3 Å². The van der Waals surface area contributed by atoms with Gasteiger partial charge in [-0.25, -0.2) is 9.37 Å². The number of rotatable bonds is 5. The standard InChI is InChI=1S/C20H17FN4OS/c1-2-16(14-7-9-22-10-8-14)23-19(26)18-12-27-20-24-17(11-25(18)20)13-3-5-15(21)6-4-13/h3-12,16H,2H2,1H3,(H,23,26)/t16-/m1/s1. The van der Waals surface area contributed by atoms with Crippen LogP contribution < -0.4 is 5.32 Å². The number of pyridine rings is 1. The zero-order chi connectivity index (χ0) is 18.8. The summed E-state index contributed by atoms with van der Waals surface area (Å²) in [5.74, 6) is -0.450. The molecule has 7 heteroatoms. The molecule has 3 heterocycles. The van der Waals surface area contributed by atoms with Crippen molar-refractivity contribution < 1.29 is 9.18 Å². The maximum absolute atomic E-state index is 13.1. The molecule has 3 aromatic heterocycles. The van der Waals surface area contributed by atoms with E-state index in [-0.39, 0.29) is 17.8 Å². The Bertz CT molecular complexity index is 1070. The van der Waals surface area contributed by atoms with Crippen LogP contribution in [0, 0.1) is 5.82 Å². The minimum absolute atomic E-state index is 0.0875. The molecule has 4 aromatic rings. The largest absolute Gasteiger partial charge is 0.344 e. The molecule has 0 radical (unpaired) electrons. The number of carbonyl (C=O) groups excluding carboxylic acids is 1. The lowest BCUT2D eigenvalue weighted by molar-refractivity contribution is 0.0930. The number of benzene rings is 1. The summed E-state index contributed by atoms with van der Waals surface area (Å²) < 4.78 is 14.9. The van der Waals surface area contributed by atoms with E-state index < -0.39 is 0 Å². The Morgan fingerprint density at radius 3 is 2.67 bits per heavy atom. The zero-order valence-corrected chi connectivity index (χ0v) is 15.4. The fourth-order valence-electron chi connectivity index (χ4n) is 2.96. The molecule has 4 rings (SSSR count). The first kappa shape index (κ1) is 17.4. The quantitative estimate of drug-likeness (QED) is 0.555. The maximum Gasteiger partial charge on any atom is 0.269 e. The van der Waals surface area contributed by atoms with Gasteiger partial charge in [-0.2, -0.15) is 0 Å². The summed E-state index contributed by atoms with van der Waals surface area (Å²) >= 11 is 1.40. The Morgan fingerprint density at radius 2 is 1.96 bits per heavy atom. The van der Waals surface area contributed by atoms with E-state index in [1.54, 1.807) is 40.5 Å². The summed E-state index contributed by atoms with van der Waals surface area (Å²) in [6.45, 7) is 2.03. The molecular formula is C20H17FN4OS. The number of nitrogens with zero attached hydrogens (tertiary/aromatic N) is 3. The number of aromatic nitrogens is 3. The summed E-state index contributed by atoms with van der Waals surface area (Å²) in [5.41, 5.74) is 3.06. The van der Waals surface area contributed by atoms with Crippen LogP contribution in [-0.4, -0.2) is 20.3 Å². The van der Waals surface area contributed by atoms with Gasteiger partial charge in [-0.1, -0.05) is 6.92 Å². The van der Waals surface area contributed by atoms with Gasteiger partial charge in [-0.15, -0.1) is 11.3 Å². The first-order chi connectivity index (χ1) is 13.2. The van der Waals surface area contributed by atoms with E-state index in [4.69, 9.17) is 0 Å². The molecule has 1 N–H and O–H groups in total.